The van der Waals surface area contributed by atoms with Crippen LogP contribution in [0.2, 0.25) is 0 Å². The van der Waals surface area contributed by atoms with Crippen LogP contribution >= 0.6 is 0 Å². The van der Waals surface area contributed by atoms with E-state index in [0.29, 0.717) is 17.7 Å². The summed E-state index contributed by atoms with van der Waals surface area (Å²) in [6, 6.07) is 9.49. The predicted octanol–water partition coefficient (Wildman–Crippen LogP) is 4.82. The molecule has 0 aliphatic heterocycles. The molecule has 4 nitrogen and oxygen atoms in total. The minimum absolute atomic E-state index is 0.121. The van der Waals surface area contributed by atoms with Crippen LogP contribution in [0.4, 0.5) is 4.39 Å². The molecule has 0 N–H and O–H groups in total. The number of ether oxygens (including phenoxy) is 3. The number of hydrogen-bond acceptors (Lipinski definition) is 4. The predicted molar refractivity (Wildman–Crippen MR) is 98.6 cm³/mol. The van der Waals surface area contributed by atoms with E-state index in [1.807, 2.05) is 37.3 Å². The lowest BCUT2D eigenvalue weighted by molar-refractivity contribution is 0.0598. The van der Waals surface area contributed by atoms with Crippen molar-refractivity contribution in [1.82, 2.24) is 0 Å². The molecule has 0 spiro atoms. The molecule has 2 rings (SSSR count). The van der Waals surface area contributed by atoms with Crippen molar-refractivity contribution in [1.29, 1.82) is 0 Å². The number of halogens is 1. The molecule has 0 atom stereocenters. The van der Waals surface area contributed by atoms with Crippen LogP contribution < -0.4 is 4.74 Å². The molecule has 2 aromatic carbocycles. The fourth-order valence-corrected chi connectivity index (χ4v) is 2.64. The average Bonchev–Trinajstić information content (AvgIpc) is 2.66. The number of carbonyl (C=O) groups excluding carboxylic acids is 1. The van der Waals surface area contributed by atoms with Crippen LogP contribution in [0, 0.1) is 19.7 Å². The summed E-state index contributed by atoms with van der Waals surface area (Å²) in [4.78, 5) is 12.2. The number of carbonyl (C=O) groups is 1. The van der Waals surface area contributed by atoms with Gasteiger partial charge in [-0.1, -0.05) is 30.3 Å². The molecular formula is C21H23FO4. The Morgan fingerprint density at radius 1 is 1.15 bits per heavy atom. The van der Waals surface area contributed by atoms with Crippen LogP contribution in [0.5, 0.6) is 5.75 Å². The quantitative estimate of drug-likeness (QED) is 0.526. The van der Waals surface area contributed by atoms with Gasteiger partial charge in [0.15, 0.2) is 11.6 Å². The Hall–Kier alpha value is -2.82. The van der Waals surface area contributed by atoms with E-state index in [0.717, 1.165) is 5.56 Å². The van der Waals surface area contributed by atoms with Gasteiger partial charge in [-0.15, -0.1) is 0 Å². The lowest BCUT2D eigenvalue weighted by Gasteiger charge is -2.18. The maximum Gasteiger partial charge on any atom is 0.338 e. The first-order valence-corrected chi connectivity index (χ1v) is 8.37. The summed E-state index contributed by atoms with van der Waals surface area (Å²) in [5.41, 5.74) is 2.31. The van der Waals surface area contributed by atoms with E-state index in [4.69, 9.17) is 14.2 Å². The molecule has 0 radical (unpaired) electrons. The highest BCUT2D eigenvalue weighted by molar-refractivity contribution is 5.96. The number of rotatable bonds is 7. The zero-order valence-corrected chi connectivity index (χ0v) is 15.5. The van der Waals surface area contributed by atoms with E-state index < -0.39 is 11.8 Å². The van der Waals surface area contributed by atoms with Gasteiger partial charge < -0.3 is 14.2 Å². The summed E-state index contributed by atoms with van der Waals surface area (Å²) in [7, 11) is 1.27. The van der Waals surface area contributed by atoms with E-state index in [9.17, 15) is 9.18 Å². The minimum Gasteiger partial charge on any atom is -0.501 e. The first-order valence-electron chi connectivity index (χ1n) is 8.37. The van der Waals surface area contributed by atoms with Gasteiger partial charge in [0.05, 0.1) is 25.5 Å². The van der Waals surface area contributed by atoms with Gasteiger partial charge in [-0.2, -0.15) is 0 Å². The van der Waals surface area contributed by atoms with Crippen molar-refractivity contribution in [3.05, 3.63) is 70.2 Å². The van der Waals surface area contributed by atoms with Gasteiger partial charge in [-0.3, -0.25) is 0 Å². The van der Waals surface area contributed by atoms with Crippen molar-refractivity contribution < 1.29 is 23.4 Å². The van der Waals surface area contributed by atoms with E-state index in [-0.39, 0.29) is 23.5 Å². The maximum atomic E-state index is 14.9. The average molecular weight is 358 g/mol. The van der Waals surface area contributed by atoms with Gasteiger partial charge in [0.1, 0.15) is 6.61 Å². The van der Waals surface area contributed by atoms with Crippen molar-refractivity contribution in [3.63, 3.8) is 0 Å². The van der Waals surface area contributed by atoms with Gasteiger partial charge >= 0.3 is 5.97 Å². The minimum atomic E-state index is -0.602. The lowest BCUT2D eigenvalue weighted by atomic mass is 9.95. The van der Waals surface area contributed by atoms with Gasteiger partial charge in [0, 0.05) is 11.1 Å². The molecule has 0 saturated carbocycles. The molecule has 0 aromatic heterocycles. The van der Waals surface area contributed by atoms with E-state index >= 15 is 0 Å². The van der Waals surface area contributed by atoms with Gasteiger partial charge in [-0.25, -0.2) is 9.18 Å². The fraction of sp³-hybridized carbons (Fsp3) is 0.286. The topological polar surface area (TPSA) is 44.8 Å². The number of esters is 1. The third kappa shape index (κ3) is 4.23. The standard InChI is InChI=1S/C21H23FO4/c1-5-25-12-11-17-14(2)20(26-13-16-9-7-6-8-10-16)19(22)15(3)18(17)21(23)24-4/h6-12H,5,13H2,1-4H3/b12-11+. The first-order chi connectivity index (χ1) is 12.5. The molecule has 2 aromatic rings. The van der Waals surface area contributed by atoms with E-state index in [1.54, 1.807) is 13.0 Å². The zero-order valence-electron chi connectivity index (χ0n) is 15.5. The molecule has 5 heteroatoms. The highest BCUT2D eigenvalue weighted by atomic mass is 19.1. The third-order valence-electron chi connectivity index (χ3n) is 4.03. The lowest BCUT2D eigenvalue weighted by Crippen LogP contribution is -2.12. The Morgan fingerprint density at radius 2 is 1.85 bits per heavy atom. The Morgan fingerprint density at radius 3 is 2.46 bits per heavy atom. The Kier molecular flexibility index (Phi) is 6.78. The van der Waals surface area contributed by atoms with Gasteiger partial charge in [0.2, 0.25) is 0 Å². The van der Waals surface area contributed by atoms with Crippen molar-refractivity contribution in [2.24, 2.45) is 0 Å². The van der Waals surface area contributed by atoms with Crippen LogP contribution in [0.25, 0.3) is 6.08 Å². The Bertz CT molecular complexity index is 798. The molecule has 0 amide bonds. The van der Waals surface area contributed by atoms with Crippen LogP contribution in [0.1, 0.15) is 39.5 Å². The monoisotopic (exact) mass is 358 g/mol. The second-order valence-corrected chi connectivity index (χ2v) is 5.71. The second kappa shape index (κ2) is 9.04. The van der Waals surface area contributed by atoms with Crippen LogP contribution in [0.15, 0.2) is 36.6 Å². The largest absolute Gasteiger partial charge is 0.501 e. The van der Waals surface area contributed by atoms with E-state index in [1.165, 1.54) is 20.3 Å². The molecule has 0 heterocycles. The molecule has 0 aliphatic rings. The molecule has 0 unspecified atom stereocenters. The van der Waals surface area contributed by atoms with Crippen LogP contribution in [0.3, 0.4) is 0 Å². The normalized spacial score (nSPS) is 10.8. The molecular weight excluding hydrogens is 335 g/mol. The molecule has 138 valence electrons. The van der Waals surface area contributed by atoms with Crippen molar-refractivity contribution in [2.45, 2.75) is 27.4 Å². The van der Waals surface area contributed by atoms with Crippen LogP contribution in [-0.4, -0.2) is 19.7 Å². The summed E-state index contributed by atoms with van der Waals surface area (Å²) >= 11 is 0. The first kappa shape index (κ1) is 19.5. The summed E-state index contributed by atoms with van der Waals surface area (Å²) in [6.07, 6.45) is 3.11. The SMILES string of the molecule is CCO/C=C/c1c(C)c(OCc2ccccc2)c(F)c(C)c1C(=O)OC. The fourth-order valence-electron chi connectivity index (χ4n) is 2.64. The molecule has 0 bridgehead atoms. The molecule has 0 fully saturated rings. The Labute approximate surface area is 153 Å². The third-order valence-corrected chi connectivity index (χ3v) is 4.03. The second-order valence-electron chi connectivity index (χ2n) is 5.71. The zero-order chi connectivity index (χ0) is 19.1. The van der Waals surface area contributed by atoms with Crippen molar-refractivity contribution in [2.75, 3.05) is 13.7 Å². The summed E-state index contributed by atoms with van der Waals surface area (Å²) < 4.78 is 30.7. The van der Waals surface area contributed by atoms with Crippen molar-refractivity contribution in [3.8, 4) is 5.75 Å². The Balaban J connectivity index is 2.49. The summed E-state index contributed by atoms with van der Waals surface area (Å²) in [6.45, 7) is 5.81. The van der Waals surface area contributed by atoms with Crippen molar-refractivity contribution >= 4 is 12.0 Å². The smallest absolute Gasteiger partial charge is 0.338 e. The van der Waals surface area contributed by atoms with Gasteiger partial charge in [0.25, 0.3) is 0 Å². The van der Waals surface area contributed by atoms with Crippen LogP contribution in [-0.2, 0) is 16.1 Å². The molecule has 26 heavy (non-hydrogen) atoms. The number of benzene rings is 2. The highest BCUT2D eigenvalue weighted by Gasteiger charge is 2.24. The highest BCUT2D eigenvalue weighted by Crippen LogP contribution is 2.34. The molecule has 0 saturated heterocycles. The molecule has 0 aliphatic carbocycles. The number of methoxy groups -OCH3 is 1. The maximum absolute atomic E-state index is 14.9. The number of hydrogen-bond donors (Lipinski definition) is 0. The van der Waals surface area contributed by atoms with E-state index in [2.05, 4.69) is 0 Å². The summed E-state index contributed by atoms with van der Waals surface area (Å²) in [5.74, 6) is -1.04. The summed E-state index contributed by atoms with van der Waals surface area (Å²) in [5, 5.41) is 0. The van der Waals surface area contributed by atoms with Gasteiger partial charge in [-0.05, 0) is 38.0 Å².